The van der Waals surface area contributed by atoms with Crippen LogP contribution in [0.2, 0.25) is 5.28 Å². The van der Waals surface area contributed by atoms with E-state index in [0.29, 0.717) is 5.65 Å². The van der Waals surface area contributed by atoms with Crippen molar-refractivity contribution in [1.82, 2.24) is 20.2 Å². The van der Waals surface area contributed by atoms with Crippen LogP contribution in [0.5, 0.6) is 0 Å². The maximum absolute atomic E-state index is 5.97. The number of hydrogen-bond donors (Lipinski definition) is 1. The smallest absolute Gasteiger partial charge is 0.226 e. The van der Waals surface area contributed by atoms with Gasteiger partial charge in [0, 0.05) is 12.2 Å². The lowest BCUT2D eigenvalue weighted by Crippen LogP contribution is -2.17. The number of nitrogens with zero attached hydrogens (tertiary/aromatic N) is 4. The molecule has 0 saturated heterocycles. The van der Waals surface area contributed by atoms with E-state index in [9.17, 15) is 0 Å². The largest absolute Gasteiger partial charge is 0.326 e. The number of anilines is 2. The fourth-order valence-corrected chi connectivity index (χ4v) is 2.23. The number of para-hydroxylation sites is 1. The van der Waals surface area contributed by atoms with Crippen LogP contribution in [-0.2, 0) is 0 Å². The van der Waals surface area contributed by atoms with Gasteiger partial charge in [-0.25, -0.2) is 0 Å². The average molecular weight is 274 g/mol. The van der Waals surface area contributed by atoms with E-state index in [-0.39, 0.29) is 5.28 Å². The number of nitrogens with one attached hydrogen (secondary N) is 1. The summed E-state index contributed by atoms with van der Waals surface area (Å²) in [5.74, 6) is 0.762. The molecule has 0 amide bonds. The van der Waals surface area contributed by atoms with Crippen LogP contribution in [0.3, 0.4) is 0 Å². The minimum Gasteiger partial charge on any atom is -0.326 e. The second-order valence-electron chi connectivity index (χ2n) is 4.03. The normalized spacial score (nSPS) is 10.8. The number of H-pyrrole nitrogens is 1. The lowest BCUT2D eigenvalue weighted by atomic mass is 10.2. The van der Waals surface area contributed by atoms with E-state index in [0.717, 1.165) is 23.4 Å². The summed E-state index contributed by atoms with van der Waals surface area (Å²) in [6.45, 7) is 2.84. The van der Waals surface area contributed by atoms with Crippen molar-refractivity contribution in [3.63, 3.8) is 0 Å². The molecule has 0 aliphatic rings. The summed E-state index contributed by atoms with van der Waals surface area (Å²) in [5, 5.41) is 7.89. The van der Waals surface area contributed by atoms with Crippen molar-refractivity contribution in [2.75, 3.05) is 11.4 Å². The third-order valence-electron chi connectivity index (χ3n) is 2.90. The molecule has 0 atom stereocenters. The quantitative estimate of drug-likeness (QED) is 0.745. The van der Waals surface area contributed by atoms with Crippen molar-refractivity contribution < 1.29 is 0 Å². The standard InChI is InChI=1S/C13H12ClN5/c1-2-19(9-6-4-3-5-7-9)12-10-8-15-18-11(10)16-13(14)17-12/h3-8H,2H2,1H3,(H,15,16,17,18). The molecule has 19 heavy (non-hydrogen) atoms. The third kappa shape index (κ3) is 2.13. The highest BCUT2D eigenvalue weighted by molar-refractivity contribution is 6.28. The van der Waals surface area contributed by atoms with Crippen LogP contribution < -0.4 is 4.90 Å². The molecule has 3 aromatic rings. The van der Waals surface area contributed by atoms with Crippen molar-refractivity contribution in [2.45, 2.75) is 6.92 Å². The van der Waals surface area contributed by atoms with Gasteiger partial charge in [-0.05, 0) is 30.7 Å². The van der Waals surface area contributed by atoms with E-state index in [4.69, 9.17) is 11.6 Å². The van der Waals surface area contributed by atoms with E-state index in [1.54, 1.807) is 6.20 Å². The summed E-state index contributed by atoms with van der Waals surface area (Å²) < 4.78 is 0. The summed E-state index contributed by atoms with van der Waals surface area (Å²) in [7, 11) is 0. The van der Waals surface area contributed by atoms with Crippen molar-refractivity contribution in [3.05, 3.63) is 41.8 Å². The Kier molecular flexibility index (Phi) is 3.05. The van der Waals surface area contributed by atoms with E-state index in [1.165, 1.54) is 0 Å². The lowest BCUT2D eigenvalue weighted by molar-refractivity contribution is 0.989. The van der Waals surface area contributed by atoms with E-state index < -0.39 is 0 Å². The second-order valence-corrected chi connectivity index (χ2v) is 4.37. The molecule has 1 N–H and O–H groups in total. The molecular weight excluding hydrogens is 262 g/mol. The van der Waals surface area contributed by atoms with Crippen LogP contribution in [-0.4, -0.2) is 26.7 Å². The SMILES string of the molecule is CCN(c1ccccc1)c1nc(Cl)nc2[nH]ncc12. The van der Waals surface area contributed by atoms with Gasteiger partial charge in [0.2, 0.25) is 5.28 Å². The highest BCUT2D eigenvalue weighted by Crippen LogP contribution is 2.29. The van der Waals surface area contributed by atoms with E-state index >= 15 is 0 Å². The molecule has 0 radical (unpaired) electrons. The molecule has 96 valence electrons. The van der Waals surface area contributed by atoms with Gasteiger partial charge in [-0.2, -0.15) is 15.1 Å². The van der Waals surface area contributed by atoms with Gasteiger partial charge in [-0.1, -0.05) is 18.2 Å². The van der Waals surface area contributed by atoms with Gasteiger partial charge < -0.3 is 4.90 Å². The molecule has 5 nitrogen and oxygen atoms in total. The van der Waals surface area contributed by atoms with E-state index in [2.05, 4.69) is 32.0 Å². The number of rotatable bonds is 3. The first-order chi connectivity index (χ1) is 9.29. The van der Waals surface area contributed by atoms with Crippen LogP contribution in [0.4, 0.5) is 11.5 Å². The predicted octanol–water partition coefficient (Wildman–Crippen LogP) is 3.16. The fraction of sp³-hybridized carbons (Fsp3) is 0.154. The Morgan fingerprint density at radius 1 is 1.21 bits per heavy atom. The van der Waals surface area contributed by atoms with Gasteiger partial charge in [-0.3, -0.25) is 5.10 Å². The molecule has 6 heteroatoms. The zero-order valence-corrected chi connectivity index (χ0v) is 11.1. The Labute approximate surface area is 115 Å². The highest BCUT2D eigenvalue weighted by atomic mass is 35.5. The van der Waals surface area contributed by atoms with Crippen LogP contribution in [0.15, 0.2) is 36.5 Å². The van der Waals surface area contributed by atoms with Crippen molar-refractivity contribution in [1.29, 1.82) is 0 Å². The van der Waals surface area contributed by atoms with Gasteiger partial charge in [0.05, 0.1) is 11.6 Å². The van der Waals surface area contributed by atoms with Crippen LogP contribution in [0.25, 0.3) is 11.0 Å². The molecule has 0 spiro atoms. The van der Waals surface area contributed by atoms with E-state index in [1.807, 2.05) is 30.3 Å². The molecule has 2 aromatic heterocycles. The van der Waals surface area contributed by atoms with Crippen LogP contribution in [0, 0.1) is 0 Å². The summed E-state index contributed by atoms with van der Waals surface area (Å²) >= 11 is 5.97. The summed E-state index contributed by atoms with van der Waals surface area (Å²) in [6, 6.07) is 10.0. The van der Waals surface area contributed by atoms with Gasteiger partial charge >= 0.3 is 0 Å². The molecular formula is C13H12ClN5. The molecule has 0 aliphatic heterocycles. The van der Waals surface area contributed by atoms with Gasteiger partial charge in [0.1, 0.15) is 5.82 Å². The monoisotopic (exact) mass is 273 g/mol. The summed E-state index contributed by atoms with van der Waals surface area (Å²) in [5.41, 5.74) is 1.70. The van der Waals surface area contributed by atoms with Crippen molar-refractivity contribution >= 4 is 34.1 Å². The maximum atomic E-state index is 5.97. The number of hydrogen-bond acceptors (Lipinski definition) is 4. The Hall–Kier alpha value is -2.14. The molecule has 0 bridgehead atoms. The molecule has 0 unspecified atom stereocenters. The number of halogens is 1. The summed E-state index contributed by atoms with van der Waals surface area (Å²) in [6.07, 6.45) is 1.71. The maximum Gasteiger partial charge on any atom is 0.226 e. The minimum absolute atomic E-state index is 0.209. The average Bonchev–Trinajstić information content (AvgIpc) is 2.89. The third-order valence-corrected chi connectivity index (χ3v) is 3.07. The van der Waals surface area contributed by atoms with Gasteiger partial charge in [-0.15, -0.1) is 0 Å². The van der Waals surface area contributed by atoms with Crippen LogP contribution >= 0.6 is 11.6 Å². The van der Waals surface area contributed by atoms with Gasteiger partial charge in [0.15, 0.2) is 5.65 Å². The highest BCUT2D eigenvalue weighted by Gasteiger charge is 2.15. The number of aromatic amines is 1. The van der Waals surface area contributed by atoms with Crippen LogP contribution in [0.1, 0.15) is 6.92 Å². The minimum atomic E-state index is 0.209. The molecule has 2 heterocycles. The molecule has 0 aliphatic carbocycles. The number of benzene rings is 1. The molecule has 0 saturated carbocycles. The zero-order valence-electron chi connectivity index (χ0n) is 10.3. The lowest BCUT2D eigenvalue weighted by Gasteiger charge is -2.22. The fourth-order valence-electron chi connectivity index (χ4n) is 2.06. The number of fused-ring (bicyclic) bond motifs is 1. The second kappa shape index (κ2) is 4.85. The first-order valence-electron chi connectivity index (χ1n) is 5.99. The van der Waals surface area contributed by atoms with Gasteiger partial charge in [0.25, 0.3) is 0 Å². The first-order valence-corrected chi connectivity index (χ1v) is 6.36. The Balaban J connectivity index is 2.19. The molecule has 1 aromatic carbocycles. The Bertz CT molecular complexity index is 695. The Morgan fingerprint density at radius 3 is 2.74 bits per heavy atom. The summed E-state index contributed by atoms with van der Waals surface area (Å²) in [4.78, 5) is 10.5. The molecule has 3 rings (SSSR count). The van der Waals surface area contributed by atoms with Crippen molar-refractivity contribution in [3.8, 4) is 0 Å². The van der Waals surface area contributed by atoms with Crippen molar-refractivity contribution in [2.24, 2.45) is 0 Å². The topological polar surface area (TPSA) is 57.7 Å². The predicted molar refractivity (Wildman–Crippen MR) is 75.8 cm³/mol. The Morgan fingerprint density at radius 2 is 2.00 bits per heavy atom. The molecule has 0 fully saturated rings. The first kappa shape index (κ1) is 11.9. The number of aromatic nitrogens is 4. The zero-order chi connectivity index (χ0) is 13.2.